The van der Waals surface area contributed by atoms with E-state index in [1.165, 1.54) is 6.42 Å². The van der Waals surface area contributed by atoms with E-state index in [1.807, 2.05) is 6.07 Å². The summed E-state index contributed by atoms with van der Waals surface area (Å²) in [4.78, 5) is 12.3. The topological polar surface area (TPSA) is 52.3 Å². The number of anilines is 1. The highest BCUT2D eigenvalue weighted by atomic mass is 127. The van der Waals surface area contributed by atoms with Crippen LogP contribution in [-0.4, -0.2) is 12.1 Å². The molecule has 0 aliphatic heterocycles. The van der Waals surface area contributed by atoms with Crippen LogP contribution in [-0.2, 0) is 4.74 Å². The minimum Gasteiger partial charge on any atom is -0.459 e. The van der Waals surface area contributed by atoms with Crippen molar-refractivity contribution in [2.75, 3.05) is 5.73 Å². The van der Waals surface area contributed by atoms with E-state index in [0.29, 0.717) is 17.2 Å². The lowest BCUT2D eigenvalue weighted by Crippen LogP contribution is -2.34. The van der Waals surface area contributed by atoms with Gasteiger partial charge in [-0.3, -0.25) is 0 Å². The third kappa shape index (κ3) is 3.87. The van der Waals surface area contributed by atoms with Gasteiger partial charge in [0.15, 0.2) is 0 Å². The van der Waals surface area contributed by atoms with E-state index >= 15 is 0 Å². The van der Waals surface area contributed by atoms with Gasteiger partial charge in [-0.25, -0.2) is 4.79 Å². The number of carbonyl (C=O) groups excluding carboxylic acids is 1. The molecule has 1 fully saturated rings. The Kier molecular flexibility index (Phi) is 4.62. The number of nitrogen functional groups attached to an aromatic ring is 1. The Balaban J connectivity index is 2.09. The summed E-state index contributed by atoms with van der Waals surface area (Å²) in [6.07, 6.45) is 3.05. The average Bonchev–Trinajstić information content (AvgIpc) is 2.29. The number of benzene rings is 1. The minimum atomic E-state index is -0.295. The standard InChI is InChI=1S/C16H22INO2/c1-10-6-12(9-16(2,3)8-10)20-15(19)13-7-11(17)4-5-14(13)18/h4-5,7,10,12H,6,8-9,18H2,1-3H3. The Labute approximate surface area is 134 Å². The van der Waals surface area contributed by atoms with Crippen LogP contribution in [0.5, 0.6) is 0 Å². The normalized spacial score (nSPS) is 25.2. The molecule has 2 unspecified atom stereocenters. The fourth-order valence-electron chi connectivity index (χ4n) is 3.27. The molecular weight excluding hydrogens is 365 g/mol. The predicted molar refractivity (Wildman–Crippen MR) is 89.6 cm³/mol. The molecule has 20 heavy (non-hydrogen) atoms. The summed E-state index contributed by atoms with van der Waals surface area (Å²) in [6, 6.07) is 5.43. The van der Waals surface area contributed by atoms with E-state index in [9.17, 15) is 4.79 Å². The first-order valence-corrected chi connectivity index (χ1v) is 8.11. The summed E-state index contributed by atoms with van der Waals surface area (Å²) in [5.41, 5.74) is 7.07. The van der Waals surface area contributed by atoms with E-state index in [0.717, 1.165) is 16.4 Å². The highest BCUT2D eigenvalue weighted by molar-refractivity contribution is 14.1. The molecule has 1 aromatic rings. The second kappa shape index (κ2) is 5.92. The Hall–Kier alpha value is -0.780. The van der Waals surface area contributed by atoms with Crippen molar-refractivity contribution in [2.45, 2.75) is 46.1 Å². The van der Waals surface area contributed by atoms with Gasteiger partial charge in [-0.15, -0.1) is 0 Å². The molecule has 1 aliphatic rings. The molecule has 1 aromatic carbocycles. The lowest BCUT2D eigenvalue weighted by Gasteiger charge is -2.38. The monoisotopic (exact) mass is 387 g/mol. The van der Waals surface area contributed by atoms with Crippen molar-refractivity contribution in [3.63, 3.8) is 0 Å². The van der Waals surface area contributed by atoms with Crippen molar-refractivity contribution in [1.29, 1.82) is 0 Å². The number of ether oxygens (including phenoxy) is 1. The van der Waals surface area contributed by atoms with E-state index in [2.05, 4.69) is 43.4 Å². The number of halogens is 1. The Bertz CT molecular complexity index is 513. The zero-order valence-corrected chi connectivity index (χ0v) is 14.4. The summed E-state index contributed by atoms with van der Waals surface area (Å²) in [6.45, 7) is 6.70. The van der Waals surface area contributed by atoms with Crippen LogP contribution in [0, 0.1) is 14.9 Å². The van der Waals surface area contributed by atoms with Gasteiger partial charge in [0.1, 0.15) is 6.10 Å². The van der Waals surface area contributed by atoms with Crippen LogP contribution in [0.3, 0.4) is 0 Å². The van der Waals surface area contributed by atoms with Crippen molar-refractivity contribution in [3.05, 3.63) is 27.3 Å². The number of hydrogen-bond donors (Lipinski definition) is 1. The van der Waals surface area contributed by atoms with Crippen molar-refractivity contribution >= 4 is 34.2 Å². The fourth-order valence-corrected chi connectivity index (χ4v) is 3.76. The molecule has 0 heterocycles. The molecule has 0 aromatic heterocycles. The molecule has 3 nitrogen and oxygen atoms in total. The molecule has 110 valence electrons. The highest BCUT2D eigenvalue weighted by Crippen LogP contribution is 2.40. The molecule has 1 saturated carbocycles. The summed E-state index contributed by atoms with van der Waals surface area (Å²) in [5, 5.41) is 0. The molecule has 0 saturated heterocycles. The molecule has 1 aliphatic carbocycles. The van der Waals surface area contributed by atoms with Gasteiger partial charge < -0.3 is 10.5 Å². The second-order valence-electron chi connectivity index (χ2n) is 6.67. The second-order valence-corrected chi connectivity index (χ2v) is 7.92. The van der Waals surface area contributed by atoms with Crippen molar-refractivity contribution in [3.8, 4) is 0 Å². The van der Waals surface area contributed by atoms with E-state index in [-0.39, 0.29) is 17.5 Å². The molecule has 2 N–H and O–H groups in total. The SMILES string of the molecule is CC1CC(OC(=O)c2cc(I)ccc2N)CC(C)(C)C1. The van der Waals surface area contributed by atoms with E-state index in [1.54, 1.807) is 12.1 Å². The van der Waals surface area contributed by atoms with Crippen molar-refractivity contribution in [1.82, 2.24) is 0 Å². The zero-order valence-electron chi connectivity index (χ0n) is 12.3. The van der Waals surface area contributed by atoms with Gasteiger partial charge in [-0.1, -0.05) is 20.8 Å². The number of hydrogen-bond acceptors (Lipinski definition) is 3. The zero-order chi connectivity index (χ0) is 14.9. The number of esters is 1. The van der Waals surface area contributed by atoms with Gasteiger partial charge in [0.2, 0.25) is 0 Å². The van der Waals surface area contributed by atoms with Crippen molar-refractivity contribution < 1.29 is 9.53 Å². The van der Waals surface area contributed by atoms with Crippen molar-refractivity contribution in [2.24, 2.45) is 11.3 Å². The molecule has 4 heteroatoms. The van der Waals surface area contributed by atoms with Crippen LogP contribution < -0.4 is 5.73 Å². The van der Waals surface area contributed by atoms with E-state index in [4.69, 9.17) is 10.5 Å². The first kappa shape index (κ1) is 15.6. The quantitative estimate of drug-likeness (QED) is 0.469. The lowest BCUT2D eigenvalue weighted by atomic mass is 9.71. The first-order valence-electron chi connectivity index (χ1n) is 7.03. The van der Waals surface area contributed by atoms with Crippen LogP contribution in [0.1, 0.15) is 50.4 Å². The Morgan fingerprint density at radius 1 is 1.40 bits per heavy atom. The van der Waals surface area contributed by atoms with Crippen LogP contribution in [0.4, 0.5) is 5.69 Å². The van der Waals surface area contributed by atoms with Gasteiger partial charge in [-0.2, -0.15) is 0 Å². The van der Waals surface area contributed by atoms with Crippen LogP contribution >= 0.6 is 22.6 Å². The molecular formula is C16H22INO2. The third-order valence-corrected chi connectivity index (χ3v) is 4.53. The molecule has 2 atom stereocenters. The molecule has 0 radical (unpaired) electrons. The van der Waals surface area contributed by atoms with Crippen LogP contribution in [0.15, 0.2) is 18.2 Å². The van der Waals surface area contributed by atoms with Gasteiger partial charge in [0.05, 0.1) is 5.56 Å². The number of nitrogens with two attached hydrogens (primary N) is 1. The maximum absolute atomic E-state index is 12.3. The van der Waals surface area contributed by atoms with Gasteiger partial charge >= 0.3 is 5.97 Å². The molecule has 0 spiro atoms. The molecule has 0 amide bonds. The smallest absolute Gasteiger partial charge is 0.340 e. The maximum atomic E-state index is 12.3. The summed E-state index contributed by atoms with van der Waals surface area (Å²) >= 11 is 2.17. The lowest BCUT2D eigenvalue weighted by molar-refractivity contribution is -0.00705. The summed E-state index contributed by atoms with van der Waals surface area (Å²) in [5.74, 6) is 0.292. The van der Waals surface area contributed by atoms with Crippen LogP contribution in [0.2, 0.25) is 0 Å². The number of rotatable bonds is 2. The largest absolute Gasteiger partial charge is 0.459 e. The van der Waals surface area contributed by atoms with Gasteiger partial charge in [0.25, 0.3) is 0 Å². The average molecular weight is 387 g/mol. The first-order chi connectivity index (χ1) is 9.27. The molecule has 2 rings (SSSR count). The van der Waals surface area contributed by atoms with E-state index < -0.39 is 0 Å². The summed E-state index contributed by atoms with van der Waals surface area (Å²) in [7, 11) is 0. The van der Waals surface area contributed by atoms with Crippen LogP contribution in [0.25, 0.3) is 0 Å². The van der Waals surface area contributed by atoms with Gasteiger partial charge in [-0.05, 0) is 71.4 Å². The minimum absolute atomic E-state index is 0.00137. The number of carbonyl (C=O) groups is 1. The maximum Gasteiger partial charge on any atom is 0.340 e. The Morgan fingerprint density at radius 3 is 2.75 bits per heavy atom. The summed E-state index contributed by atoms with van der Waals surface area (Å²) < 4.78 is 6.68. The fraction of sp³-hybridized carbons (Fsp3) is 0.562. The highest BCUT2D eigenvalue weighted by Gasteiger charge is 2.34. The third-order valence-electron chi connectivity index (χ3n) is 3.86. The Morgan fingerprint density at radius 2 is 2.10 bits per heavy atom. The predicted octanol–water partition coefficient (Wildman–Crippen LogP) is 4.25. The molecule has 0 bridgehead atoms. The van der Waals surface area contributed by atoms with Gasteiger partial charge in [0, 0.05) is 9.26 Å².